The molecule has 1 saturated heterocycles. The Balaban J connectivity index is 1.86. The molecule has 0 saturated carbocycles. The van der Waals surface area contributed by atoms with Crippen LogP contribution >= 0.6 is 11.8 Å². The quantitative estimate of drug-likeness (QED) is 0.779. The van der Waals surface area contributed by atoms with Crippen LogP contribution in [-0.2, 0) is 9.59 Å². The highest BCUT2D eigenvalue weighted by atomic mass is 32.2. The second-order valence-corrected chi connectivity index (χ2v) is 7.64. The van der Waals surface area contributed by atoms with Gasteiger partial charge in [-0.15, -0.1) is 0 Å². The van der Waals surface area contributed by atoms with Gasteiger partial charge in [-0.25, -0.2) is 0 Å². The summed E-state index contributed by atoms with van der Waals surface area (Å²) in [6.07, 6.45) is 1.02. The first-order valence-electron chi connectivity index (χ1n) is 8.41. The molecule has 0 spiro atoms. The molecule has 3 rings (SSSR count). The van der Waals surface area contributed by atoms with Crippen LogP contribution < -0.4 is 9.47 Å². The SMILES string of the molecule is CCCSCC(=O)N1C[C@@H]2c3ccc(OC)cc3OC[C@]2(C(=O)O)C1. The zero-order chi connectivity index (χ0) is 18.0. The van der Waals surface area contributed by atoms with Crippen LogP contribution in [0.1, 0.15) is 24.8 Å². The summed E-state index contributed by atoms with van der Waals surface area (Å²) in [6, 6.07) is 5.44. The number of carboxylic acids is 1. The normalized spacial score (nSPS) is 24.2. The second-order valence-electron chi connectivity index (χ2n) is 6.53. The first-order chi connectivity index (χ1) is 12.0. The summed E-state index contributed by atoms with van der Waals surface area (Å²) in [5, 5.41) is 9.89. The molecular weight excluding hydrogens is 342 g/mol. The maximum atomic E-state index is 12.5. The molecule has 1 N–H and O–H groups in total. The van der Waals surface area contributed by atoms with Crippen molar-refractivity contribution in [3.8, 4) is 11.5 Å². The molecule has 1 aromatic rings. The van der Waals surface area contributed by atoms with Gasteiger partial charge in [0.15, 0.2) is 0 Å². The maximum Gasteiger partial charge on any atom is 0.315 e. The molecule has 0 bridgehead atoms. The average Bonchev–Trinajstić information content (AvgIpc) is 3.03. The van der Waals surface area contributed by atoms with Crippen molar-refractivity contribution < 1.29 is 24.2 Å². The standard InChI is InChI=1S/C18H23NO5S/c1-3-6-25-9-16(20)19-8-14-13-5-4-12(23-2)7-15(13)24-11-18(14,10-19)17(21)22/h4-5,7,14H,3,6,8-11H2,1-2H3,(H,21,22)/t14-,18-/m1/s1. The number of carboxylic acid groups (broad SMARTS) is 1. The van der Waals surface area contributed by atoms with Crippen molar-refractivity contribution in [3.05, 3.63) is 23.8 Å². The number of carbonyl (C=O) groups excluding carboxylic acids is 1. The van der Waals surface area contributed by atoms with E-state index in [0.717, 1.165) is 17.7 Å². The third-order valence-electron chi connectivity index (χ3n) is 4.98. The van der Waals surface area contributed by atoms with Crippen molar-refractivity contribution in [2.45, 2.75) is 19.3 Å². The Morgan fingerprint density at radius 1 is 1.48 bits per heavy atom. The number of fused-ring (bicyclic) bond motifs is 3. The van der Waals surface area contributed by atoms with Crippen molar-refractivity contribution in [3.63, 3.8) is 0 Å². The number of aliphatic carboxylic acids is 1. The van der Waals surface area contributed by atoms with E-state index in [1.807, 2.05) is 12.1 Å². The fourth-order valence-electron chi connectivity index (χ4n) is 3.58. The largest absolute Gasteiger partial charge is 0.497 e. The molecule has 0 unspecified atom stereocenters. The lowest BCUT2D eigenvalue weighted by atomic mass is 9.73. The molecule has 2 heterocycles. The van der Waals surface area contributed by atoms with Crippen LogP contribution in [0, 0.1) is 5.41 Å². The lowest BCUT2D eigenvalue weighted by Gasteiger charge is -2.35. The van der Waals surface area contributed by atoms with E-state index in [0.29, 0.717) is 23.8 Å². The van der Waals surface area contributed by atoms with Gasteiger partial charge in [0.2, 0.25) is 5.91 Å². The molecule has 6 nitrogen and oxygen atoms in total. The van der Waals surface area contributed by atoms with Crippen LogP contribution in [0.4, 0.5) is 0 Å². The lowest BCUT2D eigenvalue weighted by molar-refractivity contribution is -0.152. The Morgan fingerprint density at radius 2 is 2.28 bits per heavy atom. The van der Waals surface area contributed by atoms with Gasteiger partial charge in [0.1, 0.15) is 23.5 Å². The third-order valence-corrected chi connectivity index (χ3v) is 6.13. The van der Waals surface area contributed by atoms with Gasteiger partial charge in [-0.05, 0) is 18.2 Å². The van der Waals surface area contributed by atoms with Crippen LogP contribution in [0.2, 0.25) is 0 Å². The van der Waals surface area contributed by atoms with Gasteiger partial charge in [-0.2, -0.15) is 11.8 Å². The van der Waals surface area contributed by atoms with Gasteiger partial charge in [-0.3, -0.25) is 9.59 Å². The predicted molar refractivity (Wildman–Crippen MR) is 95.5 cm³/mol. The van der Waals surface area contributed by atoms with Gasteiger partial charge >= 0.3 is 5.97 Å². The summed E-state index contributed by atoms with van der Waals surface area (Å²) in [7, 11) is 1.58. The molecule has 0 aliphatic carbocycles. The fourth-order valence-corrected chi connectivity index (χ4v) is 4.37. The number of ether oxygens (including phenoxy) is 2. The topological polar surface area (TPSA) is 76.1 Å². The number of likely N-dealkylation sites (tertiary alicyclic amines) is 1. The Morgan fingerprint density at radius 3 is 2.96 bits per heavy atom. The number of thioether (sulfide) groups is 1. The van der Waals surface area contributed by atoms with Crippen LogP contribution in [0.15, 0.2) is 18.2 Å². The summed E-state index contributed by atoms with van der Waals surface area (Å²) in [4.78, 5) is 26.2. The predicted octanol–water partition coefficient (Wildman–Crippen LogP) is 2.23. The highest BCUT2D eigenvalue weighted by molar-refractivity contribution is 7.99. The summed E-state index contributed by atoms with van der Waals surface area (Å²) in [5.74, 6) is 1.48. The summed E-state index contributed by atoms with van der Waals surface area (Å²) < 4.78 is 11.0. The van der Waals surface area contributed by atoms with Crippen molar-refractivity contribution >= 4 is 23.6 Å². The minimum Gasteiger partial charge on any atom is -0.497 e. The van der Waals surface area contributed by atoms with Gasteiger partial charge in [0, 0.05) is 30.6 Å². The molecule has 7 heteroatoms. The summed E-state index contributed by atoms with van der Waals surface area (Å²) in [6.45, 7) is 2.76. The van der Waals surface area contributed by atoms with Crippen LogP contribution in [0.5, 0.6) is 11.5 Å². The zero-order valence-electron chi connectivity index (χ0n) is 14.5. The number of carbonyl (C=O) groups is 2. The third kappa shape index (κ3) is 3.17. The minimum atomic E-state index is -1.08. The van der Waals surface area contributed by atoms with Crippen molar-refractivity contribution in [2.24, 2.45) is 5.41 Å². The maximum absolute atomic E-state index is 12.5. The molecule has 25 heavy (non-hydrogen) atoms. The number of benzene rings is 1. The van der Waals surface area contributed by atoms with E-state index in [1.165, 1.54) is 0 Å². The number of hydrogen-bond acceptors (Lipinski definition) is 5. The highest BCUT2D eigenvalue weighted by Crippen LogP contribution is 2.50. The number of methoxy groups -OCH3 is 1. The van der Waals surface area contributed by atoms with E-state index in [1.54, 1.807) is 29.8 Å². The monoisotopic (exact) mass is 365 g/mol. The minimum absolute atomic E-state index is 0.00327. The molecular formula is C18H23NO5S. The van der Waals surface area contributed by atoms with Crippen LogP contribution in [0.3, 0.4) is 0 Å². The van der Waals surface area contributed by atoms with E-state index in [4.69, 9.17) is 9.47 Å². The highest BCUT2D eigenvalue weighted by Gasteiger charge is 2.57. The van der Waals surface area contributed by atoms with Gasteiger partial charge in [0.25, 0.3) is 0 Å². The van der Waals surface area contributed by atoms with Gasteiger partial charge in [0.05, 0.1) is 12.9 Å². The first-order valence-corrected chi connectivity index (χ1v) is 9.57. The molecule has 1 aromatic carbocycles. The molecule has 0 aromatic heterocycles. The van der Waals surface area contributed by atoms with E-state index in [9.17, 15) is 14.7 Å². The first kappa shape index (κ1) is 17.9. The zero-order valence-corrected chi connectivity index (χ0v) is 15.3. The van der Waals surface area contributed by atoms with Crippen molar-refractivity contribution in [1.82, 2.24) is 4.90 Å². The molecule has 2 aliphatic heterocycles. The lowest BCUT2D eigenvalue weighted by Crippen LogP contribution is -2.46. The second kappa shape index (κ2) is 7.15. The van der Waals surface area contributed by atoms with E-state index in [-0.39, 0.29) is 25.0 Å². The molecule has 1 amide bonds. The van der Waals surface area contributed by atoms with E-state index >= 15 is 0 Å². The number of rotatable bonds is 6. The van der Waals surface area contributed by atoms with Crippen LogP contribution in [-0.4, -0.2) is 60.2 Å². The van der Waals surface area contributed by atoms with Gasteiger partial charge in [-0.1, -0.05) is 13.0 Å². The molecule has 136 valence electrons. The summed E-state index contributed by atoms with van der Waals surface area (Å²) in [5.41, 5.74) is -0.238. The Bertz CT molecular complexity index is 679. The average molecular weight is 365 g/mol. The molecule has 0 radical (unpaired) electrons. The van der Waals surface area contributed by atoms with Crippen LogP contribution in [0.25, 0.3) is 0 Å². The molecule has 2 aliphatic rings. The summed E-state index contributed by atoms with van der Waals surface area (Å²) >= 11 is 1.59. The number of amides is 1. The molecule has 2 atom stereocenters. The van der Waals surface area contributed by atoms with E-state index < -0.39 is 11.4 Å². The Kier molecular flexibility index (Phi) is 5.13. The van der Waals surface area contributed by atoms with Crippen molar-refractivity contribution in [1.29, 1.82) is 0 Å². The number of hydrogen-bond donors (Lipinski definition) is 1. The van der Waals surface area contributed by atoms with Crippen molar-refractivity contribution in [2.75, 3.05) is 38.3 Å². The number of nitrogens with zero attached hydrogens (tertiary/aromatic N) is 1. The molecule has 1 fully saturated rings. The Hall–Kier alpha value is -1.89. The smallest absolute Gasteiger partial charge is 0.315 e. The fraction of sp³-hybridized carbons (Fsp3) is 0.556. The van der Waals surface area contributed by atoms with E-state index in [2.05, 4.69) is 6.92 Å². The Labute approximate surface area is 151 Å². The van der Waals surface area contributed by atoms with Gasteiger partial charge < -0.3 is 19.5 Å².